The first-order valence-electron chi connectivity index (χ1n) is 11.7. The first kappa shape index (κ1) is 25.7. The Kier molecular flexibility index (Phi) is 8.05. The van der Waals surface area contributed by atoms with Crippen molar-refractivity contribution >= 4 is 11.9 Å². The number of ether oxygens (including phenoxy) is 1. The molecule has 1 heterocycles. The van der Waals surface area contributed by atoms with Crippen LogP contribution in [0.3, 0.4) is 0 Å². The number of aliphatic hydroxyl groups excluding tert-OH is 1. The van der Waals surface area contributed by atoms with Crippen LogP contribution in [0.2, 0.25) is 0 Å². The van der Waals surface area contributed by atoms with Crippen molar-refractivity contribution < 1.29 is 28.3 Å². The second kappa shape index (κ2) is 11.6. The van der Waals surface area contributed by atoms with E-state index in [9.17, 15) is 19.1 Å². The molecule has 0 fully saturated rings. The van der Waals surface area contributed by atoms with Crippen LogP contribution >= 0.6 is 0 Å². The minimum absolute atomic E-state index is 0.134. The molecule has 0 saturated heterocycles. The zero-order valence-electron chi connectivity index (χ0n) is 20.5. The quantitative estimate of drug-likeness (QED) is 0.251. The summed E-state index contributed by atoms with van der Waals surface area (Å²) in [7, 11) is 1.29. The van der Waals surface area contributed by atoms with Gasteiger partial charge in [0, 0.05) is 24.1 Å². The number of methoxy groups -OCH3 is 1. The first-order valence-corrected chi connectivity index (χ1v) is 11.7. The van der Waals surface area contributed by atoms with Gasteiger partial charge < -0.3 is 19.7 Å². The molecule has 1 aromatic heterocycles. The van der Waals surface area contributed by atoms with E-state index in [4.69, 9.17) is 4.52 Å². The van der Waals surface area contributed by atoms with E-state index in [1.54, 1.807) is 6.07 Å². The summed E-state index contributed by atoms with van der Waals surface area (Å²) in [6, 6.07) is 17.5. The lowest BCUT2D eigenvalue weighted by Crippen LogP contribution is -2.25. The van der Waals surface area contributed by atoms with Crippen molar-refractivity contribution in [1.29, 1.82) is 0 Å². The third-order valence-electron chi connectivity index (χ3n) is 5.93. The minimum atomic E-state index is -0.737. The molecule has 0 bridgehead atoms. The molecule has 4 aromatic rings. The number of carbonyl (C=O) groups is 2. The topological polar surface area (TPSA) is 115 Å². The van der Waals surface area contributed by atoms with Gasteiger partial charge in [0.2, 0.25) is 5.82 Å². The summed E-state index contributed by atoms with van der Waals surface area (Å²) in [5.41, 5.74) is 4.55. The molecular formula is C28H26FN3O5. The van der Waals surface area contributed by atoms with Crippen molar-refractivity contribution in [2.75, 3.05) is 13.7 Å². The van der Waals surface area contributed by atoms with Crippen molar-refractivity contribution in [1.82, 2.24) is 15.5 Å². The highest BCUT2D eigenvalue weighted by molar-refractivity contribution is 5.95. The largest absolute Gasteiger partial charge is 0.469 e. The van der Waals surface area contributed by atoms with Crippen molar-refractivity contribution in [3.05, 3.63) is 83.2 Å². The number of aliphatic hydroxyl groups is 1. The van der Waals surface area contributed by atoms with Crippen LogP contribution in [0.25, 0.3) is 34.0 Å². The molecule has 4 rings (SSSR count). The summed E-state index contributed by atoms with van der Waals surface area (Å²) in [6.45, 7) is 2.05. The highest BCUT2D eigenvalue weighted by atomic mass is 19.1. The standard InChI is InChI=1S/C28H26FN3O5/c1-17-6-3-4-7-21(17)22-11-10-19(14-20(22)16-33)28-31-26(32-37-28)18-9-12-23(24(29)15-18)27(35)30-13-5-8-25(34)36-2/h3-4,6-7,9-12,14-15,33H,5,8,13,16H2,1-2H3,(H,30,35). The van der Waals surface area contributed by atoms with Crippen molar-refractivity contribution in [2.45, 2.75) is 26.4 Å². The summed E-state index contributed by atoms with van der Waals surface area (Å²) in [5.74, 6) is -1.33. The number of rotatable bonds is 9. The van der Waals surface area contributed by atoms with E-state index < -0.39 is 11.7 Å². The van der Waals surface area contributed by atoms with Crippen molar-refractivity contribution in [3.8, 4) is 34.0 Å². The van der Waals surface area contributed by atoms with Gasteiger partial charge in [-0.2, -0.15) is 4.98 Å². The number of halogens is 1. The molecule has 9 heteroatoms. The summed E-state index contributed by atoms with van der Waals surface area (Å²) >= 11 is 0. The van der Waals surface area contributed by atoms with Crippen molar-refractivity contribution in [3.63, 3.8) is 0 Å². The maximum atomic E-state index is 14.7. The van der Waals surface area contributed by atoms with Gasteiger partial charge in [0.1, 0.15) is 5.82 Å². The summed E-state index contributed by atoms with van der Waals surface area (Å²) in [6.07, 6.45) is 0.542. The molecule has 190 valence electrons. The monoisotopic (exact) mass is 503 g/mol. The first-order chi connectivity index (χ1) is 17.9. The molecule has 0 unspecified atom stereocenters. The summed E-state index contributed by atoms with van der Waals surface area (Å²) < 4.78 is 24.6. The van der Waals surface area contributed by atoms with Crippen LogP contribution in [-0.4, -0.2) is 40.8 Å². The van der Waals surface area contributed by atoms with E-state index >= 15 is 0 Å². The fraction of sp³-hybridized carbons (Fsp3) is 0.214. The number of amides is 1. The minimum Gasteiger partial charge on any atom is -0.469 e. The van der Waals surface area contributed by atoms with Gasteiger partial charge in [-0.15, -0.1) is 0 Å². The normalized spacial score (nSPS) is 10.8. The van der Waals surface area contributed by atoms with Gasteiger partial charge in [-0.25, -0.2) is 4.39 Å². The van der Waals surface area contributed by atoms with Gasteiger partial charge in [0.05, 0.1) is 19.3 Å². The number of hydrogen-bond acceptors (Lipinski definition) is 7. The van der Waals surface area contributed by atoms with E-state index in [0.29, 0.717) is 23.1 Å². The average molecular weight is 504 g/mol. The van der Waals surface area contributed by atoms with Crippen LogP contribution in [0, 0.1) is 12.7 Å². The highest BCUT2D eigenvalue weighted by Gasteiger charge is 2.17. The van der Waals surface area contributed by atoms with Crippen LogP contribution in [0.1, 0.15) is 34.3 Å². The molecule has 3 aromatic carbocycles. The number of nitrogens with one attached hydrogen (secondary N) is 1. The molecule has 37 heavy (non-hydrogen) atoms. The van der Waals surface area contributed by atoms with Gasteiger partial charge in [-0.3, -0.25) is 9.59 Å². The zero-order valence-corrected chi connectivity index (χ0v) is 20.5. The molecule has 0 aliphatic carbocycles. The molecule has 1 amide bonds. The Morgan fingerprint density at radius 2 is 1.84 bits per heavy atom. The molecule has 2 N–H and O–H groups in total. The maximum Gasteiger partial charge on any atom is 0.305 e. The Balaban J connectivity index is 1.50. The number of aryl methyl sites for hydroxylation is 1. The zero-order chi connectivity index (χ0) is 26.4. The van der Waals surface area contributed by atoms with E-state index in [1.165, 1.54) is 25.3 Å². The molecule has 0 aliphatic rings. The smallest absolute Gasteiger partial charge is 0.305 e. The van der Waals surface area contributed by atoms with Crippen LogP contribution in [0.4, 0.5) is 4.39 Å². The number of benzene rings is 3. The van der Waals surface area contributed by atoms with E-state index in [1.807, 2.05) is 43.3 Å². The molecule has 8 nitrogen and oxygen atoms in total. The Labute approximate surface area is 213 Å². The van der Waals surface area contributed by atoms with Crippen molar-refractivity contribution in [2.24, 2.45) is 0 Å². The van der Waals surface area contributed by atoms with E-state index in [-0.39, 0.29) is 42.8 Å². The summed E-state index contributed by atoms with van der Waals surface area (Å²) in [4.78, 5) is 27.8. The van der Waals surface area contributed by atoms with E-state index in [2.05, 4.69) is 20.2 Å². The Bertz CT molecular complexity index is 1430. The van der Waals surface area contributed by atoms with Crippen LogP contribution in [0.15, 0.2) is 65.2 Å². The van der Waals surface area contributed by atoms with Crippen LogP contribution < -0.4 is 5.32 Å². The highest BCUT2D eigenvalue weighted by Crippen LogP contribution is 2.31. The Morgan fingerprint density at radius 1 is 1.05 bits per heavy atom. The molecule has 0 saturated carbocycles. The van der Waals surface area contributed by atoms with Crippen LogP contribution in [0.5, 0.6) is 0 Å². The molecule has 0 aliphatic heterocycles. The van der Waals surface area contributed by atoms with E-state index in [0.717, 1.165) is 16.7 Å². The lowest BCUT2D eigenvalue weighted by atomic mass is 9.95. The molecular weight excluding hydrogens is 477 g/mol. The Morgan fingerprint density at radius 3 is 2.57 bits per heavy atom. The number of esters is 1. The molecule has 0 atom stereocenters. The second-order valence-electron chi connectivity index (χ2n) is 8.40. The SMILES string of the molecule is COC(=O)CCCNC(=O)c1ccc(-c2noc(-c3ccc(-c4ccccc4C)c(CO)c3)n2)cc1F. The average Bonchev–Trinajstić information content (AvgIpc) is 3.41. The van der Waals surface area contributed by atoms with Gasteiger partial charge >= 0.3 is 5.97 Å². The maximum absolute atomic E-state index is 14.7. The fourth-order valence-corrected chi connectivity index (χ4v) is 3.92. The number of carbonyl (C=O) groups excluding carboxylic acids is 2. The predicted molar refractivity (Wildman–Crippen MR) is 135 cm³/mol. The third kappa shape index (κ3) is 5.90. The Hall–Kier alpha value is -4.37. The second-order valence-corrected chi connectivity index (χ2v) is 8.40. The molecule has 0 spiro atoms. The van der Waals surface area contributed by atoms with Crippen LogP contribution in [-0.2, 0) is 16.1 Å². The number of aromatic nitrogens is 2. The van der Waals surface area contributed by atoms with Gasteiger partial charge in [-0.1, -0.05) is 41.6 Å². The third-order valence-corrected chi connectivity index (χ3v) is 5.93. The predicted octanol–water partition coefficient (Wildman–Crippen LogP) is 4.69. The summed E-state index contributed by atoms with van der Waals surface area (Å²) in [5, 5.41) is 16.5. The van der Waals surface area contributed by atoms with Gasteiger partial charge in [-0.05, 0) is 59.9 Å². The number of nitrogens with zero attached hydrogens (tertiary/aromatic N) is 2. The van der Waals surface area contributed by atoms with Gasteiger partial charge in [0.15, 0.2) is 0 Å². The lowest BCUT2D eigenvalue weighted by Gasteiger charge is -2.11. The number of hydrogen-bond donors (Lipinski definition) is 2. The van der Waals surface area contributed by atoms with Gasteiger partial charge in [0.25, 0.3) is 11.8 Å². The molecule has 0 radical (unpaired) electrons. The lowest BCUT2D eigenvalue weighted by molar-refractivity contribution is -0.140. The fourth-order valence-electron chi connectivity index (χ4n) is 3.92.